The minimum atomic E-state index is -0.388. The van der Waals surface area contributed by atoms with Crippen molar-refractivity contribution in [1.82, 2.24) is 10.6 Å². The van der Waals surface area contributed by atoms with Crippen molar-refractivity contribution >= 4 is 29.2 Å². The molecule has 8 heteroatoms. The molecule has 1 fully saturated rings. The predicted octanol–water partition coefficient (Wildman–Crippen LogP) is 3.38. The summed E-state index contributed by atoms with van der Waals surface area (Å²) >= 11 is 0. The van der Waals surface area contributed by atoms with Crippen LogP contribution in [0.4, 0.5) is 16.2 Å². The number of para-hydroxylation sites is 2. The van der Waals surface area contributed by atoms with E-state index >= 15 is 0 Å². The first-order chi connectivity index (χ1) is 15.1. The lowest BCUT2D eigenvalue weighted by atomic mass is 10.1. The zero-order valence-electron chi connectivity index (χ0n) is 17.6. The number of methoxy groups -OCH3 is 1. The number of carbonyl (C=O) groups is 3. The molecule has 2 aromatic carbocycles. The number of hydrogen-bond donors (Lipinski definition) is 4. The van der Waals surface area contributed by atoms with Crippen LogP contribution in [0.15, 0.2) is 48.5 Å². The van der Waals surface area contributed by atoms with Crippen LogP contribution in [0.3, 0.4) is 0 Å². The molecular formula is C23H28N4O4. The quantitative estimate of drug-likeness (QED) is 0.487. The fraction of sp³-hybridized carbons (Fsp3) is 0.348. The van der Waals surface area contributed by atoms with Gasteiger partial charge in [-0.15, -0.1) is 0 Å². The normalized spacial score (nSPS) is 13.3. The van der Waals surface area contributed by atoms with Gasteiger partial charge in [0.15, 0.2) is 0 Å². The van der Waals surface area contributed by atoms with Crippen molar-refractivity contribution in [2.45, 2.75) is 25.7 Å². The Labute approximate surface area is 181 Å². The van der Waals surface area contributed by atoms with Crippen LogP contribution in [0.2, 0.25) is 0 Å². The number of urea groups is 1. The van der Waals surface area contributed by atoms with E-state index in [9.17, 15) is 14.4 Å². The highest BCUT2D eigenvalue weighted by Gasteiger charge is 2.22. The van der Waals surface area contributed by atoms with Gasteiger partial charge in [0.05, 0.1) is 12.8 Å². The highest BCUT2D eigenvalue weighted by Crippen LogP contribution is 2.26. The van der Waals surface area contributed by atoms with Crippen LogP contribution in [0.25, 0.3) is 0 Å². The molecular weight excluding hydrogens is 396 g/mol. The molecule has 1 aliphatic rings. The zero-order valence-corrected chi connectivity index (χ0v) is 17.6. The van der Waals surface area contributed by atoms with Gasteiger partial charge >= 0.3 is 6.03 Å². The van der Waals surface area contributed by atoms with Crippen molar-refractivity contribution in [3.63, 3.8) is 0 Å². The average molecular weight is 425 g/mol. The van der Waals surface area contributed by atoms with Crippen LogP contribution in [0.5, 0.6) is 5.75 Å². The number of amides is 4. The van der Waals surface area contributed by atoms with Gasteiger partial charge in [0, 0.05) is 30.3 Å². The molecule has 164 valence electrons. The summed E-state index contributed by atoms with van der Waals surface area (Å²) in [6.45, 7) is 0.542. The fourth-order valence-corrected chi connectivity index (χ4v) is 3.51. The third-order valence-corrected chi connectivity index (χ3v) is 5.19. The van der Waals surface area contributed by atoms with Crippen molar-refractivity contribution in [1.29, 1.82) is 0 Å². The molecule has 2 aromatic rings. The van der Waals surface area contributed by atoms with Crippen molar-refractivity contribution in [2.75, 3.05) is 30.8 Å². The summed E-state index contributed by atoms with van der Waals surface area (Å²) in [4.78, 5) is 36.4. The standard InChI is InChI=1S/C23H28N4O4/c1-31-20-9-5-4-8-19(20)27-23(30)25-15-14-24-21(28)17-10-12-18(13-11-17)26-22(29)16-6-2-3-7-16/h4-5,8-13,16H,2-3,6-7,14-15H2,1H3,(H,24,28)(H,26,29)(H2,25,27,30). The van der Waals surface area contributed by atoms with Gasteiger partial charge in [-0.3, -0.25) is 9.59 Å². The third kappa shape index (κ3) is 6.47. The highest BCUT2D eigenvalue weighted by atomic mass is 16.5. The van der Waals surface area contributed by atoms with E-state index in [-0.39, 0.29) is 36.9 Å². The molecule has 0 saturated heterocycles. The van der Waals surface area contributed by atoms with E-state index in [0.29, 0.717) is 22.7 Å². The first-order valence-electron chi connectivity index (χ1n) is 10.4. The fourth-order valence-electron chi connectivity index (χ4n) is 3.51. The minimum Gasteiger partial charge on any atom is -0.495 e. The number of nitrogens with one attached hydrogen (secondary N) is 4. The molecule has 0 aliphatic heterocycles. The maximum atomic E-state index is 12.3. The van der Waals surface area contributed by atoms with Crippen LogP contribution in [-0.4, -0.2) is 38.0 Å². The number of rotatable bonds is 8. The molecule has 8 nitrogen and oxygen atoms in total. The molecule has 1 saturated carbocycles. The molecule has 0 bridgehead atoms. The monoisotopic (exact) mass is 424 g/mol. The van der Waals surface area contributed by atoms with Gasteiger partial charge in [0.25, 0.3) is 5.91 Å². The lowest BCUT2D eigenvalue weighted by Crippen LogP contribution is -2.36. The van der Waals surface area contributed by atoms with Gasteiger partial charge in [-0.05, 0) is 49.2 Å². The van der Waals surface area contributed by atoms with E-state index in [2.05, 4.69) is 21.3 Å². The second-order valence-corrected chi connectivity index (χ2v) is 7.39. The van der Waals surface area contributed by atoms with E-state index in [4.69, 9.17) is 4.74 Å². The maximum Gasteiger partial charge on any atom is 0.319 e. The molecule has 0 aromatic heterocycles. The molecule has 0 unspecified atom stereocenters. The molecule has 0 heterocycles. The SMILES string of the molecule is COc1ccccc1NC(=O)NCCNC(=O)c1ccc(NC(=O)C2CCCC2)cc1. The molecule has 4 N–H and O–H groups in total. The minimum absolute atomic E-state index is 0.0483. The Hall–Kier alpha value is -3.55. The van der Waals surface area contributed by atoms with Crippen LogP contribution < -0.4 is 26.0 Å². The van der Waals surface area contributed by atoms with Gasteiger partial charge in [-0.25, -0.2) is 4.79 Å². The molecule has 1 aliphatic carbocycles. The Morgan fingerprint density at radius 3 is 2.29 bits per heavy atom. The summed E-state index contributed by atoms with van der Waals surface area (Å²) in [5, 5.41) is 11.0. The summed E-state index contributed by atoms with van der Waals surface area (Å²) in [5.74, 6) is 0.456. The number of anilines is 2. The van der Waals surface area contributed by atoms with E-state index in [1.54, 1.807) is 42.5 Å². The lowest BCUT2D eigenvalue weighted by Gasteiger charge is -2.12. The van der Waals surface area contributed by atoms with Crippen molar-refractivity contribution in [3.05, 3.63) is 54.1 Å². The number of ether oxygens (including phenoxy) is 1. The molecule has 31 heavy (non-hydrogen) atoms. The lowest BCUT2D eigenvalue weighted by molar-refractivity contribution is -0.119. The highest BCUT2D eigenvalue weighted by molar-refractivity contribution is 5.96. The number of benzene rings is 2. The Morgan fingerprint density at radius 1 is 0.903 bits per heavy atom. The van der Waals surface area contributed by atoms with Crippen LogP contribution >= 0.6 is 0 Å². The predicted molar refractivity (Wildman–Crippen MR) is 119 cm³/mol. The van der Waals surface area contributed by atoms with Crippen LogP contribution in [0.1, 0.15) is 36.0 Å². The van der Waals surface area contributed by atoms with E-state index in [1.807, 2.05) is 6.07 Å². The van der Waals surface area contributed by atoms with Crippen molar-refractivity contribution in [3.8, 4) is 5.75 Å². The van der Waals surface area contributed by atoms with E-state index in [0.717, 1.165) is 25.7 Å². The summed E-state index contributed by atoms with van der Waals surface area (Å²) in [7, 11) is 1.53. The van der Waals surface area contributed by atoms with Gasteiger partial charge < -0.3 is 26.0 Å². The second-order valence-electron chi connectivity index (χ2n) is 7.39. The summed E-state index contributed by atoms with van der Waals surface area (Å²) in [6.07, 6.45) is 4.09. The van der Waals surface area contributed by atoms with Gasteiger partial charge in [0.2, 0.25) is 5.91 Å². The molecule has 0 atom stereocenters. The van der Waals surface area contributed by atoms with Crippen molar-refractivity contribution < 1.29 is 19.1 Å². The maximum absolute atomic E-state index is 12.3. The van der Waals surface area contributed by atoms with E-state index < -0.39 is 0 Å². The molecule has 0 spiro atoms. The van der Waals surface area contributed by atoms with Crippen molar-refractivity contribution in [2.24, 2.45) is 5.92 Å². The Bertz CT molecular complexity index is 908. The summed E-state index contributed by atoms with van der Waals surface area (Å²) in [6, 6.07) is 13.5. The Balaban J connectivity index is 1.38. The van der Waals surface area contributed by atoms with Gasteiger partial charge in [-0.2, -0.15) is 0 Å². The Kier molecular flexibility index (Phi) is 7.86. The average Bonchev–Trinajstić information content (AvgIpc) is 3.33. The third-order valence-electron chi connectivity index (χ3n) is 5.19. The summed E-state index contributed by atoms with van der Waals surface area (Å²) in [5.41, 5.74) is 1.73. The Morgan fingerprint density at radius 2 is 1.58 bits per heavy atom. The largest absolute Gasteiger partial charge is 0.495 e. The second kappa shape index (κ2) is 11.0. The first-order valence-corrected chi connectivity index (χ1v) is 10.4. The van der Waals surface area contributed by atoms with E-state index in [1.165, 1.54) is 7.11 Å². The topological polar surface area (TPSA) is 109 Å². The van der Waals surface area contributed by atoms with Gasteiger partial charge in [0.1, 0.15) is 5.75 Å². The smallest absolute Gasteiger partial charge is 0.319 e. The molecule has 0 radical (unpaired) electrons. The molecule has 3 rings (SSSR count). The first kappa shape index (κ1) is 22.1. The summed E-state index contributed by atoms with van der Waals surface area (Å²) < 4.78 is 5.18. The molecule has 4 amide bonds. The number of hydrogen-bond acceptors (Lipinski definition) is 4. The van der Waals surface area contributed by atoms with Gasteiger partial charge in [-0.1, -0.05) is 25.0 Å². The van der Waals surface area contributed by atoms with Crippen LogP contribution in [0, 0.1) is 5.92 Å². The zero-order chi connectivity index (χ0) is 22.1. The number of carbonyl (C=O) groups excluding carboxylic acids is 3. The van der Waals surface area contributed by atoms with Crippen LogP contribution in [-0.2, 0) is 4.79 Å².